The fraction of sp³-hybridized carbons (Fsp3) is 0.267. The zero-order chi connectivity index (χ0) is 14.1. The van der Waals surface area contributed by atoms with Crippen LogP contribution in [0.2, 0.25) is 0 Å². The number of hydrogen-bond acceptors (Lipinski definition) is 4. The normalized spacial score (nSPS) is 16.8. The summed E-state index contributed by atoms with van der Waals surface area (Å²) in [6.45, 7) is 0. The molecule has 0 aromatic carbocycles. The predicted octanol–water partition coefficient (Wildman–Crippen LogP) is 2.03. The Labute approximate surface area is 117 Å². The molecule has 0 saturated heterocycles. The molecule has 1 atom stereocenters. The molecule has 2 aromatic heterocycles. The lowest BCUT2D eigenvalue weighted by atomic mass is 9.90. The van der Waals surface area contributed by atoms with Crippen LogP contribution in [0.3, 0.4) is 0 Å². The number of aryl methyl sites for hydroxylation is 1. The van der Waals surface area contributed by atoms with Gasteiger partial charge in [-0.05, 0) is 19.0 Å². The number of aromatic nitrogens is 3. The molecule has 0 aliphatic heterocycles. The minimum atomic E-state index is 0.220. The molecule has 100 valence electrons. The number of pyridine rings is 1. The molecule has 5 nitrogen and oxygen atoms in total. The van der Waals surface area contributed by atoms with E-state index < -0.39 is 0 Å². The Kier molecular flexibility index (Phi) is 3.09. The van der Waals surface area contributed by atoms with Gasteiger partial charge in [0.15, 0.2) is 0 Å². The van der Waals surface area contributed by atoms with Crippen LogP contribution in [0.1, 0.15) is 29.2 Å². The SMILES string of the molecule is CNC1CC=Cc2c1cnc(-c1cnn(C)c1)c2C#N. The van der Waals surface area contributed by atoms with E-state index in [1.807, 2.05) is 32.6 Å². The number of rotatable bonds is 2. The van der Waals surface area contributed by atoms with Crippen molar-refractivity contribution in [3.63, 3.8) is 0 Å². The minimum Gasteiger partial charge on any atom is -0.313 e. The minimum absolute atomic E-state index is 0.220. The monoisotopic (exact) mass is 265 g/mol. The third-order valence-electron chi connectivity index (χ3n) is 3.62. The lowest BCUT2D eigenvalue weighted by molar-refractivity contribution is 0.596. The Balaban J connectivity index is 2.21. The summed E-state index contributed by atoms with van der Waals surface area (Å²) in [5.41, 5.74) is 4.23. The van der Waals surface area contributed by atoms with E-state index in [4.69, 9.17) is 0 Å². The second-order valence-corrected chi connectivity index (χ2v) is 4.84. The average Bonchev–Trinajstić information content (AvgIpc) is 2.91. The number of nitrogens with one attached hydrogen (secondary N) is 1. The standard InChI is InChI=1S/C15H15N5/c1-17-14-5-3-4-11-12(6-16)15(18-8-13(11)14)10-7-19-20(2)9-10/h3-4,7-9,14,17H,5H2,1-2H3. The van der Waals surface area contributed by atoms with Gasteiger partial charge in [0.1, 0.15) is 6.07 Å². The van der Waals surface area contributed by atoms with E-state index in [1.165, 1.54) is 0 Å². The molecule has 20 heavy (non-hydrogen) atoms. The van der Waals surface area contributed by atoms with Crippen molar-refractivity contribution in [1.82, 2.24) is 20.1 Å². The van der Waals surface area contributed by atoms with Gasteiger partial charge in [0.2, 0.25) is 0 Å². The molecule has 0 saturated carbocycles. The Morgan fingerprint density at radius 2 is 2.30 bits per heavy atom. The van der Waals surface area contributed by atoms with Gasteiger partial charge < -0.3 is 5.32 Å². The van der Waals surface area contributed by atoms with Crippen LogP contribution in [0.25, 0.3) is 17.3 Å². The van der Waals surface area contributed by atoms with Crippen molar-refractivity contribution in [2.45, 2.75) is 12.5 Å². The van der Waals surface area contributed by atoms with Gasteiger partial charge >= 0.3 is 0 Å². The fourth-order valence-electron chi connectivity index (χ4n) is 2.60. The Bertz CT molecular complexity index is 720. The van der Waals surface area contributed by atoms with Crippen LogP contribution in [0.4, 0.5) is 0 Å². The highest BCUT2D eigenvalue weighted by molar-refractivity contribution is 5.75. The molecule has 1 unspecified atom stereocenters. The van der Waals surface area contributed by atoms with Crippen molar-refractivity contribution in [2.24, 2.45) is 7.05 Å². The highest BCUT2D eigenvalue weighted by Crippen LogP contribution is 2.33. The molecule has 0 amide bonds. The van der Waals surface area contributed by atoms with Gasteiger partial charge in [0.25, 0.3) is 0 Å². The highest BCUT2D eigenvalue weighted by atomic mass is 15.2. The first-order valence-corrected chi connectivity index (χ1v) is 6.50. The van der Waals surface area contributed by atoms with Gasteiger partial charge in [-0.3, -0.25) is 9.67 Å². The molecule has 0 radical (unpaired) electrons. The predicted molar refractivity (Wildman–Crippen MR) is 76.6 cm³/mol. The zero-order valence-electron chi connectivity index (χ0n) is 11.5. The molecule has 0 spiro atoms. The third kappa shape index (κ3) is 1.91. The topological polar surface area (TPSA) is 66.5 Å². The average molecular weight is 265 g/mol. The van der Waals surface area contributed by atoms with Crippen LogP contribution in [0.15, 0.2) is 24.7 Å². The van der Waals surface area contributed by atoms with Gasteiger partial charge in [-0.25, -0.2) is 0 Å². The zero-order valence-corrected chi connectivity index (χ0v) is 11.5. The molecule has 5 heteroatoms. The Morgan fingerprint density at radius 3 is 2.95 bits per heavy atom. The summed E-state index contributed by atoms with van der Waals surface area (Å²) < 4.78 is 1.71. The third-order valence-corrected chi connectivity index (χ3v) is 3.62. The molecule has 1 N–H and O–H groups in total. The molecular formula is C15H15N5. The maximum atomic E-state index is 9.53. The van der Waals surface area contributed by atoms with Crippen molar-refractivity contribution in [1.29, 1.82) is 5.26 Å². The summed E-state index contributed by atoms with van der Waals surface area (Å²) in [5, 5.41) is 16.9. The largest absolute Gasteiger partial charge is 0.313 e. The molecule has 0 fully saturated rings. The van der Waals surface area contributed by atoms with Crippen LogP contribution in [-0.2, 0) is 7.05 Å². The first-order chi connectivity index (χ1) is 9.74. The van der Waals surface area contributed by atoms with E-state index in [-0.39, 0.29) is 6.04 Å². The fourth-order valence-corrected chi connectivity index (χ4v) is 2.60. The van der Waals surface area contributed by atoms with E-state index in [0.717, 1.165) is 23.1 Å². The Hall–Kier alpha value is -2.45. The van der Waals surface area contributed by atoms with Crippen LogP contribution >= 0.6 is 0 Å². The second-order valence-electron chi connectivity index (χ2n) is 4.84. The quantitative estimate of drug-likeness (QED) is 0.902. The number of hydrogen-bond donors (Lipinski definition) is 1. The van der Waals surface area contributed by atoms with Crippen molar-refractivity contribution < 1.29 is 0 Å². The summed E-state index contributed by atoms with van der Waals surface area (Å²) >= 11 is 0. The molecule has 0 bridgehead atoms. The highest BCUT2D eigenvalue weighted by Gasteiger charge is 2.21. The first-order valence-electron chi connectivity index (χ1n) is 6.50. The Morgan fingerprint density at radius 1 is 1.45 bits per heavy atom. The van der Waals surface area contributed by atoms with Crippen LogP contribution in [0, 0.1) is 11.3 Å². The van der Waals surface area contributed by atoms with Crippen LogP contribution < -0.4 is 5.32 Å². The van der Waals surface area contributed by atoms with Crippen LogP contribution in [-0.4, -0.2) is 21.8 Å². The molecule has 1 aliphatic carbocycles. The second kappa shape index (κ2) is 4.91. The van der Waals surface area contributed by atoms with Gasteiger partial charge in [-0.2, -0.15) is 10.4 Å². The molecule has 2 heterocycles. The van der Waals surface area contributed by atoms with Crippen molar-refractivity contribution in [2.75, 3.05) is 7.05 Å². The molecule has 3 rings (SSSR count). The number of fused-ring (bicyclic) bond motifs is 1. The maximum absolute atomic E-state index is 9.53. The number of nitriles is 1. The van der Waals surface area contributed by atoms with Crippen molar-refractivity contribution in [3.05, 3.63) is 41.4 Å². The van der Waals surface area contributed by atoms with Gasteiger partial charge in [-0.1, -0.05) is 12.2 Å². The van der Waals surface area contributed by atoms with Gasteiger partial charge in [-0.15, -0.1) is 0 Å². The summed E-state index contributed by atoms with van der Waals surface area (Å²) in [7, 11) is 3.78. The lowest BCUT2D eigenvalue weighted by Crippen LogP contribution is -2.19. The summed E-state index contributed by atoms with van der Waals surface area (Å²) in [6.07, 6.45) is 10.5. The van der Waals surface area contributed by atoms with Crippen LogP contribution in [0.5, 0.6) is 0 Å². The van der Waals surface area contributed by atoms with Crippen molar-refractivity contribution >= 4 is 6.08 Å². The van der Waals surface area contributed by atoms with E-state index in [1.54, 1.807) is 10.9 Å². The molecule has 1 aliphatic rings. The van der Waals surface area contributed by atoms with E-state index in [0.29, 0.717) is 11.3 Å². The van der Waals surface area contributed by atoms with Gasteiger partial charge in [0.05, 0.1) is 17.5 Å². The molecular weight excluding hydrogens is 250 g/mol. The lowest BCUT2D eigenvalue weighted by Gasteiger charge is -2.22. The smallest absolute Gasteiger partial charge is 0.102 e. The van der Waals surface area contributed by atoms with Crippen molar-refractivity contribution in [3.8, 4) is 17.3 Å². The summed E-state index contributed by atoms with van der Waals surface area (Å²) in [6, 6.07) is 2.52. The summed E-state index contributed by atoms with van der Waals surface area (Å²) in [5.74, 6) is 0. The van der Waals surface area contributed by atoms with Gasteiger partial charge in [0, 0.05) is 36.6 Å². The van der Waals surface area contributed by atoms with E-state index in [9.17, 15) is 5.26 Å². The summed E-state index contributed by atoms with van der Waals surface area (Å²) in [4.78, 5) is 4.49. The first kappa shape index (κ1) is 12.6. The molecule has 2 aromatic rings. The number of nitrogens with zero attached hydrogens (tertiary/aromatic N) is 4. The van der Waals surface area contributed by atoms with E-state index in [2.05, 4.69) is 27.5 Å². The maximum Gasteiger partial charge on any atom is 0.102 e. The van der Waals surface area contributed by atoms with E-state index >= 15 is 0 Å².